The molecule has 0 atom stereocenters. The Hall–Kier alpha value is -3.31. The maximum atomic E-state index is 13.1. The van der Waals surface area contributed by atoms with Gasteiger partial charge in [0.1, 0.15) is 5.82 Å². The van der Waals surface area contributed by atoms with E-state index in [1.54, 1.807) is 49.5 Å². The molecule has 4 nitrogen and oxygen atoms in total. The molecule has 0 bridgehead atoms. The van der Waals surface area contributed by atoms with Crippen molar-refractivity contribution in [1.82, 2.24) is 9.97 Å². The van der Waals surface area contributed by atoms with Gasteiger partial charge in [0.05, 0.1) is 27.5 Å². The molecule has 0 spiro atoms. The number of nitrogens with zero attached hydrogens (tertiary/aromatic N) is 2. The lowest BCUT2D eigenvalue weighted by Gasteiger charge is -2.10. The third-order valence-corrected chi connectivity index (χ3v) is 4.71. The smallest absolute Gasteiger partial charge is 0.257 e. The zero-order valence-corrected chi connectivity index (χ0v) is 15.7. The van der Waals surface area contributed by atoms with E-state index in [2.05, 4.69) is 15.3 Å². The van der Waals surface area contributed by atoms with Crippen LogP contribution in [0.5, 0.6) is 0 Å². The molecule has 28 heavy (non-hydrogen) atoms. The maximum Gasteiger partial charge on any atom is 0.257 e. The van der Waals surface area contributed by atoms with Crippen molar-refractivity contribution in [2.24, 2.45) is 0 Å². The first-order valence-electron chi connectivity index (χ1n) is 8.60. The highest BCUT2D eigenvalue weighted by Gasteiger charge is 2.13. The Morgan fingerprint density at radius 2 is 1.86 bits per heavy atom. The highest BCUT2D eigenvalue weighted by atomic mass is 35.5. The van der Waals surface area contributed by atoms with Gasteiger partial charge < -0.3 is 5.32 Å². The minimum absolute atomic E-state index is 0.290. The van der Waals surface area contributed by atoms with Crippen LogP contribution in [-0.2, 0) is 0 Å². The van der Waals surface area contributed by atoms with Gasteiger partial charge in [-0.05, 0) is 67.6 Å². The van der Waals surface area contributed by atoms with Gasteiger partial charge in [-0.15, -0.1) is 0 Å². The quantitative estimate of drug-likeness (QED) is 0.491. The Bertz CT molecular complexity index is 1190. The van der Waals surface area contributed by atoms with Crippen molar-refractivity contribution in [3.63, 3.8) is 0 Å². The molecule has 4 rings (SSSR count). The number of fused-ring (bicyclic) bond motifs is 1. The zero-order valence-electron chi connectivity index (χ0n) is 14.9. The van der Waals surface area contributed by atoms with Crippen molar-refractivity contribution >= 4 is 34.1 Å². The summed E-state index contributed by atoms with van der Waals surface area (Å²) in [7, 11) is 0. The average Bonchev–Trinajstić information content (AvgIpc) is 2.68. The monoisotopic (exact) mass is 391 g/mol. The van der Waals surface area contributed by atoms with Crippen LogP contribution in [0.4, 0.5) is 10.1 Å². The summed E-state index contributed by atoms with van der Waals surface area (Å²) in [5, 5.41) is 4.18. The standard InChI is InChI=1S/C22H15ClFN3O/c1-13-17(8-9-20(26-13)14-4-6-15(24)7-5-14)22(28)27-16-11-19(23)18-3-2-10-25-21(18)12-16/h2-12H,1H3,(H,27,28). The number of anilines is 1. The van der Waals surface area contributed by atoms with E-state index in [1.807, 2.05) is 12.1 Å². The lowest BCUT2D eigenvalue weighted by Crippen LogP contribution is -2.14. The second kappa shape index (κ2) is 7.37. The van der Waals surface area contributed by atoms with E-state index in [1.165, 1.54) is 12.1 Å². The van der Waals surface area contributed by atoms with Crippen molar-refractivity contribution in [2.75, 3.05) is 5.32 Å². The van der Waals surface area contributed by atoms with Crippen LogP contribution in [-0.4, -0.2) is 15.9 Å². The third kappa shape index (κ3) is 3.57. The fourth-order valence-electron chi connectivity index (χ4n) is 2.99. The van der Waals surface area contributed by atoms with Crippen LogP contribution in [0.1, 0.15) is 16.1 Å². The molecular weight excluding hydrogens is 377 g/mol. The average molecular weight is 392 g/mol. The van der Waals surface area contributed by atoms with Crippen molar-refractivity contribution in [3.8, 4) is 11.3 Å². The van der Waals surface area contributed by atoms with Crippen molar-refractivity contribution in [2.45, 2.75) is 6.92 Å². The summed E-state index contributed by atoms with van der Waals surface area (Å²) < 4.78 is 13.1. The van der Waals surface area contributed by atoms with Crippen LogP contribution >= 0.6 is 11.6 Å². The van der Waals surface area contributed by atoms with E-state index >= 15 is 0 Å². The summed E-state index contributed by atoms with van der Waals surface area (Å²) in [5.41, 5.74) is 3.73. The Morgan fingerprint density at radius 1 is 1.07 bits per heavy atom. The van der Waals surface area contributed by atoms with Crippen LogP contribution in [0.25, 0.3) is 22.2 Å². The number of hydrogen-bond acceptors (Lipinski definition) is 3. The lowest BCUT2D eigenvalue weighted by atomic mass is 10.1. The molecule has 0 fully saturated rings. The Morgan fingerprint density at radius 3 is 2.61 bits per heavy atom. The number of carbonyl (C=O) groups is 1. The topological polar surface area (TPSA) is 54.9 Å². The van der Waals surface area contributed by atoms with Gasteiger partial charge in [-0.25, -0.2) is 4.39 Å². The molecule has 0 aliphatic carbocycles. The first-order chi connectivity index (χ1) is 13.5. The second-order valence-corrected chi connectivity index (χ2v) is 6.73. The van der Waals surface area contributed by atoms with E-state index in [9.17, 15) is 9.18 Å². The molecule has 138 valence electrons. The van der Waals surface area contributed by atoms with Crippen molar-refractivity contribution in [1.29, 1.82) is 0 Å². The normalized spacial score (nSPS) is 10.8. The van der Waals surface area contributed by atoms with E-state index in [4.69, 9.17) is 11.6 Å². The molecule has 1 N–H and O–H groups in total. The fraction of sp³-hybridized carbons (Fsp3) is 0.0455. The summed E-state index contributed by atoms with van der Waals surface area (Å²) >= 11 is 6.29. The SMILES string of the molecule is Cc1nc(-c2ccc(F)cc2)ccc1C(=O)Nc1cc(Cl)c2cccnc2c1. The lowest BCUT2D eigenvalue weighted by molar-refractivity contribution is 0.102. The van der Waals surface area contributed by atoms with Gasteiger partial charge in [-0.1, -0.05) is 11.6 Å². The van der Waals surface area contributed by atoms with E-state index in [0.29, 0.717) is 33.2 Å². The number of carbonyl (C=O) groups excluding carboxylic acids is 1. The predicted octanol–water partition coefficient (Wildman–Crippen LogP) is 5.65. The Balaban J connectivity index is 1.61. The van der Waals surface area contributed by atoms with E-state index < -0.39 is 0 Å². The number of halogens is 2. The molecule has 2 heterocycles. The van der Waals surface area contributed by atoms with Crippen LogP contribution in [0.2, 0.25) is 5.02 Å². The zero-order chi connectivity index (χ0) is 19.7. The molecule has 2 aromatic carbocycles. The van der Waals surface area contributed by atoms with Crippen molar-refractivity contribution < 1.29 is 9.18 Å². The summed E-state index contributed by atoms with van der Waals surface area (Å²) in [5.74, 6) is -0.595. The largest absolute Gasteiger partial charge is 0.322 e. The van der Waals surface area contributed by atoms with Gasteiger partial charge >= 0.3 is 0 Å². The summed E-state index contributed by atoms with van der Waals surface area (Å²) in [4.78, 5) is 21.5. The minimum Gasteiger partial charge on any atom is -0.322 e. The molecule has 0 unspecified atom stereocenters. The molecule has 1 amide bonds. The summed E-state index contributed by atoms with van der Waals surface area (Å²) in [6.07, 6.45) is 1.67. The molecular formula is C22H15ClFN3O. The number of pyridine rings is 2. The van der Waals surface area contributed by atoms with Gasteiger partial charge in [0.25, 0.3) is 5.91 Å². The van der Waals surface area contributed by atoms with Crippen LogP contribution < -0.4 is 5.32 Å². The number of benzene rings is 2. The van der Waals surface area contributed by atoms with Crippen LogP contribution in [0, 0.1) is 12.7 Å². The first-order valence-corrected chi connectivity index (χ1v) is 8.98. The number of nitrogens with one attached hydrogen (secondary N) is 1. The molecule has 0 saturated heterocycles. The van der Waals surface area contributed by atoms with Crippen LogP contribution in [0.15, 0.2) is 66.9 Å². The van der Waals surface area contributed by atoms with Crippen LogP contribution in [0.3, 0.4) is 0 Å². The highest BCUT2D eigenvalue weighted by Crippen LogP contribution is 2.27. The fourth-order valence-corrected chi connectivity index (χ4v) is 3.27. The number of aryl methyl sites for hydroxylation is 1. The van der Waals surface area contributed by atoms with Gasteiger partial charge in [-0.3, -0.25) is 14.8 Å². The molecule has 2 aromatic heterocycles. The molecule has 0 aliphatic rings. The van der Waals surface area contributed by atoms with Gasteiger partial charge in [0.15, 0.2) is 0 Å². The molecule has 0 aliphatic heterocycles. The number of hydrogen-bond donors (Lipinski definition) is 1. The number of amides is 1. The van der Waals surface area contributed by atoms with Gasteiger partial charge in [-0.2, -0.15) is 0 Å². The second-order valence-electron chi connectivity index (χ2n) is 6.32. The summed E-state index contributed by atoms with van der Waals surface area (Å²) in [6, 6.07) is 16.7. The van der Waals surface area contributed by atoms with Gasteiger partial charge in [0.2, 0.25) is 0 Å². The maximum absolute atomic E-state index is 13.1. The molecule has 0 radical (unpaired) electrons. The highest BCUT2D eigenvalue weighted by molar-refractivity contribution is 6.35. The molecule has 6 heteroatoms. The molecule has 0 saturated carbocycles. The van der Waals surface area contributed by atoms with Crippen molar-refractivity contribution in [3.05, 3.63) is 89.0 Å². The Kier molecular flexibility index (Phi) is 4.75. The van der Waals surface area contributed by atoms with E-state index in [0.717, 1.165) is 10.9 Å². The summed E-state index contributed by atoms with van der Waals surface area (Å²) in [6.45, 7) is 1.76. The first kappa shape index (κ1) is 18.1. The Labute approximate surface area is 166 Å². The number of aromatic nitrogens is 2. The third-order valence-electron chi connectivity index (χ3n) is 4.40. The predicted molar refractivity (Wildman–Crippen MR) is 109 cm³/mol. The molecule has 4 aromatic rings. The van der Waals surface area contributed by atoms with Gasteiger partial charge in [0, 0.05) is 22.8 Å². The minimum atomic E-state index is -0.306. The van der Waals surface area contributed by atoms with E-state index in [-0.39, 0.29) is 11.7 Å². The number of rotatable bonds is 3.